The highest BCUT2D eigenvalue weighted by Crippen LogP contribution is 2.38. The van der Waals surface area contributed by atoms with E-state index < -0.39 is 23.4 Å². The van der Waals surface area contributed by atoms with Crippen LogP contribution in [0.4, 0.5) is 11.4 Å². The molecule has 0 radical (unpaired) electrons. The van der Waals surface area contributed by atoms with Crippen molar-refractivity contribution in [2.75, 3.05) is 23.4 Å². The van der Waals surface area contributed by atoms with Gasteiger partial charge in [0.05, 0.1) is 23.5 Å². The standard InChI is InChI=1S/C21H22N2O6/c1-4-28-16-8-6-5-7-14(16)22-18(24)12-23-15-11-13(19(25)26)9-10-17(15)29-21(2,3)20(23)27/h5-11H,4,12H2,1-3H3,(H,22,24)(H,25,26). The van der Waals surface area contributed by atoms with Crippen LogP contribution in [0.1, 0.15) is 31.1 Å². The largest absolute Gasteiger partial charge is 0.492 e. The van der Waals surface area contributed by atoms with Gasteiger partial charge in [0.2, 0.25) is 5.91 Å². The molecule has 2 amide bonds. The molecule has 1 aliphatic rings. The van der Waals surface area contributed by atoms with Crippen LogP contribution < -0.4 is 19.7 Å². The van der Waals surface area contributed by atoms with Gasteiger partial charge in [-0.1, -0.05) is 12.1 Å². The molecule has 0 saturated heterocycles. The molecule has 1 heterocycles. The number of carboxylic acid groups (broad SMARTS) is 1. The third kappa shape index (κ3) is 4.16. The number of benzene rings is 2. The monoisotopic (exact) mass is 398 g/mol. The SMILES string of the molecule is CCOc1ccccc1NC(=O)CN1C(=O)C(C)(C)Oc2ccc(C(=O)O)cc21. The Morgan fingerprint density at radius 2 is 1.93 bits per heavy atom. The first-order valence-corrected chi connectivity index (χ1v) is 9.13. The summed E-state index contributed by atoms with van der Waals surface area (Å²) in [6.45, 7) is 5.16. The van der Waals surface area contributed by atoms with Crippen LogP contribution in [0.25, 0.3) is 0 Å². The summed E-state index contributed by atoms with van der Waals surface area (Å²) < 4.78 is 11.2. The average molecular weight is 398 g/mol. The van der Waals surface area contributed by atoms with E-state index in [4.69, 9.17) is 9.47 Å². The van der Waals surface area contributed by atoms with Crippen LogP contribution in [0.3, 0.4) is 0 Å². The third-order valence-electron chi connectivity index (χ3n) is 4.38. The maximum atomic E-state index is 12.9. The number of fused-ring (bicyclic) bond motifs is 1. The number of nitrogens with one attached hydrogen (secondary N) is 1. The highest BCUT2D eigenvalue weighted by Gasteiger charge is 2.41. The summed E-state index contributed by atoms with van der Waals surface area (Å²) >= 11 is 0. The minimum absolute atomic E-state index is 0.00745. The fourth-order valence-electron chi connectivity index (χ4n) is 3.04. The van der Waals surface area contributed by atoms with Crippen molar-refractivity contribution < 1.29 is 29.0 Å². The van der Waals surface area contributed by atoms with Gasteiger partial charge in [0.25, 0.3) is 5.91 Å². The summed E-state index contributed by atoms with van der Waals surface area (Å²) in [5, 5.41) is 12.0. The van der Waals surface area contributed by atoms with Crippen molar-refractivity contribution in [1.29, 1.82) is 0 Å². The Morgan fingerprint density at radius 3 is 2.62 bits per heavy atom. The Hall–Kier alpha value is -3.55. The molecule has 2 aromatic carbocycles. The van der Waals surface area contributed by atoms with E-state index >= 15 is 0 Å². The van der Waals surface area contributed by atoms with Crippen LogP contribution in [0, 0.1) is 0 Å². The van der Waals surface area contributed by atoms with Crippen LogP contribution in [0.2, 0.25) is 0 Å². The molecule has 0 bridgehead atoms. The zero-order chi connectivity index (χ0) is 21.2. The molecular weight excluding hydrogens is 376 g/mol. The molecular formula is C21H22N2O6. The van der Waals surface area contributed by atoms with Crippen molar-refractivity contribution in [3.63, 3.8) is 0 Å². The molecule has 0 atom stereocenters. The normalized spacial score (nSPS) is 14.6. The molecule has 0 spiro atoms. The fraction of sp³-hybridized carbons (Fsp3) is 0.286. The molecule has 29 heavy (non-hydrogen) atoms. The Balaban J connectivity index is 1.89. The van der Waals surface area contributed by atoms with Crippen molar-refractivity contribution >= 4 is 29.2 Å². The van der Waals surface area contributed by atoms with Crippen LogP contribution in [0.5, 0.6) is 11.5 Å². The Labute approximate surface area is 168 Å². The highest BCUT2D eigenvalue weighted by molar-refractivity contribution is 6.08. The minimum Gasteiger partial charge on any atom is -0.492 e. The fourth-order valence-corrected chi connectivity index (χ4v) is 3.04. The first kappa shape index (κ1) is 20.2. The van der Waals surface area contributed by atoms with E-state index in [0.717, 1.165) is 0 Å². The van der Waals surface area contributed by atoms with Gasteiger partial charge in [0, 0.05) is 0 Å². The summed E-state index contributed by atoms with van der Waals surface area (Å²) in [5.41, 5.74) is -0.477. The quantitative estimate of drug-likeness (QED) is 0.775. The zero-order valence-corrected chi connectivity index (χ0v) is 16.4. The second-order valence-corrected chi connectivity index (χ2v) is 6.97. The number of nitrogens with zero attached hydrogens (tertiary/aromatic N) is 1. The third-order valence-corrected chi connectivity index (χ3v) is 4.38. The van der Waals surface area contributed by atoms with Crippen LogP contribution in [0.15, 0.2) is 42.5 Å². The maximum Gasteiger partial charge on any atom is 0.335 e. The number of rotatable bonds is 6. The number of hydrogen-bond donors (Lipinski definition) is 2. The van der Waals surface area contributed by atoms with Crippen LogP contribution in [-0.2, 0) is 9.59 Å². The van der Waals surface area contributed by atoms with Crippen molar-refractivity contribution in [2.24, 2.45) is 0 Å². The molecule has 8 heteroatoms. The van der Waals surface area contributed by atoms with Crippen LogP contribution in [-0.4, -0.2) is 41.6 Å². The lowest BCUT2D eigenvalue weighted by atomic mass is 10.0. The van der Waals surface area contributed by atoms with E-state index in [1.54, 1.807) is 38.1 Å². The number of anilines is 2. The number of hydrogen-bond acceptors (Lipinski definition) is 5. The molecule has 3 rings (SSSR count). The lowest BCUT2D eigenvalue weighted by molar-refractivity contribution is -0.133. The number of para-hydroxylation sites is 2. The topological polar surface area (TPSA) is 105 Å². The first-order chi connectivity index (χ1) is 13.7. The molecule has 0 saturated carbocycles. The van der Waals surface area contributed by atoms with Gasteiger partial charge in [-0.05, 0) is 51.1 Å². The van der Waals surface area contributed by atoms with Gasteiger partial charge in [-0.15, -0.1) is 0 Å². The summed E-state index contributed by atoms with van der Waals surface area (Å²) in [4.78, 5) is 38.2. The second kappa shape index (κ2) is 7.83. The maximum absolute atomic E-state index is 12.9. The van der Waals surface area contributed by atoms with Crippen molar-refractivity contribution in [1.82, 2.24) is 0 Å². The second-order valence-electron chi connectivity index (χ2n) is 6.97. The predicted molar refractivity (Wildman–Crippen MR) is 107 cm³/mol. The van der Waals surface area contributed by atoms with Gasteiger partial charge in [0.1, 0.15) is 18.0 Å². The smallest absolute Gasteiger partial charge is 0.335 e. The molecule has 0 aromatic heterocycles. The van der Waals surface area contributed by atoms with Gasteiger partial charge < -0.3 is 19.9 Å². The Bertz CT molecular complexity index is 969. The minimum atomic E-state index is -1.19. The van der Waals surface area contributed by atoms with E-state index in [1.165, 1.54) is 23.1 Å². The highest BCUT2D eigenvalue weighted by atomic mass is 16.5. The predicted octanol–water partition coefficient (Wildman–Crippen LogP) is 2.93. The molecule has 1 aliphatic heterocycles. The lowest BCUT2D eigenvalue weighted by Crippen LogP contribution is -2.54. The van der Waals surface area contributed by atoms with E-state index in [0.29, 0.717) is 23.8 Å². The Kier molecular flexibility index (Phi) is 5.45. The first-order valence-electron chi connectivity index (χ1n) is 9.13. The molecule has 2 aromatic rings. The average Bonchev–Trinajstić information content (AvgIpc) is 2.66. The number of ether oxygens (including phenoxy) is 2. The number of carbonyl (C=O) groups is 3. The molecule has 0 unspecified atom stereocenters. The van der Waals surface area contributed by atoms with Gasteiger partial charge >= 0.3 is 5.97 Å². The van der Waals surface area contributed by atoms with E-state index in [2.05, 4.69) is 5.32 Å². The van der Waals surface area contributed by atoms with Gasteiger partial charge in [0.15, 0.2) is 5.60 Å². The Morgan fingerprint density at radius 1 is 1.21 bits per heavy atom. The van der Waals surface area contributed by atoms with Gasteiger partial charge in [-0.3, -0.25) is 14.5 Å². The number of amides is 2. The molecule has 2 N–H and O–H groups in total. The van der Waals surface area contributed by atoms with E-state index in [-0.39, 0.29) is 17.8 Å². The van der Waals surface area contributed by atoms with Gasteiger partial charge in [-0.2, -0.15) is 0 Å². The molecule has 0 fully saturated rings. The summed E-state index contributed by atoms with van der Waals surface area (Å²) in [7, 11) is 0. The summed E-state index contributed by atoms with van der Waals surface area (Å²) in [6.07, 6.45) is 0. The van der Waals surface area contributed by atoms with E-state index in [1.807, 2.05) is 6.92 Å². The molecule has 8 nitrogen and oxygen atoms in total. The zero-order valence-electron chi connectivity index (χ0n) is 16.4. The van der Waals surface area contributed by atoms with Crippen molar-refractivity contribution in [3.05, 3.63) is 48.0 Å². The number of carbonyl (C=O) groups excluding carboxylic acids is 2. The summed E-state index contributed by atoms with van der Waals surface area (Å²) in [6, 6.07) is 11.2. The summed E-state index contributed by atoms with van der Waals surface area (Å²) in [5.74, 6) is -1.18. The molecule has 152 valence electrons. The lowest BCUT2D eigenvalue weighted by Gasteiger charge is -2.38. The van der Waals surface area contributed by atoms with E-state index in [9.17, 15) is 19.5 Å². The number of aromatic carboxylic acids is 1. The van der Waals surface area contributed by atoms with Crippen molar-refractivity contribution in [3.8, 4) is 11.5 Å². The van der Waals surface area contributed by atoms with Gasteiger partial charge in [-0.25, -0.2) is 4.79 Å². The molecule has 0 aliphatic carbocycles. The van der Waals surface area contributed by atoms with Crippen molar-refractivity contribution in [2.45, 2.75) is 26.4 Å². The van der Waals surface area contributed by atoms with Crippen LogP contribution >= 0.6 is 0 Å². The number of carboxylic acids is 1.